The number of alkyl halides is 1. The van der Waals surface area contributed by atoms with Crippen LogP contribution in [0.4, 0.5) is 10.2 Å². The Morgan fingerprint density at radius 3 is 2.95 bits per heavy atom. The largest absolute Gasteiger partial charge is 0.387 e. The lowest BCUT2D eigenvalue weighted by atomic mass is 10.1. The molecule has 7 nitrogen and oxygen atoms in total. The number of anilines is 1. The summed E-state index contributed by atoms with van der Waals surface area (Å²) in [5, 5.41) is 9.76. The van der Waals surface area contributed by atoms with Crippen molar-refractivity contribution >= 4 is 17.0 Å². The van der Waals surface area contributed by atoms with E-state index in [1.165, 1.54) is 17.2 Å². The van der Waals surface area contributed by atoms with Crippen LogP contribution in [0, 0.1) is 0 Å². The van der Waals surface area contributed by atoms with Crippen LogP contribution in [0.25, 0.3) is 11.2 Å². The Balaban J connectivity index is 2.04. The monoisotopic (exact) mass is 267 g/mol. The molecule has 0 aliphatic carbocycles. The first kappa shape index (κ1) is 12.2. The first-order valence-corrected chi connectivity index (χ1v) is 6.04. The molecule has 0 amide bonds. The number of halogens is 1. The fourth-order valence-electron chi connectivity index (χ4n) is 2.32. The molecule has 0 bridgehead atoms. The number of nitrogen functional groups attached to an aromatic ring is 1. The van der Waals surface area contributed by atoms with Gasteiger partial charge in [0.2, 0.25) is 0 Å². The molecule has 1 unspecified atom stereocenters. The van der Waals surface area contributed by atoms with E-state index in [-0.39, 0.29) is 5.82 Å². The number of ether oxygens (including phenoxy) is 1. The summed E-state index contributed by atoms with van der Waals surface area (Å²) in [7, 11) is 0. The van der Waals surface area contributed by atoms with Gasteiger partial charge in [0, 0.05) is 0 Å². The summed E-state index contributed by atoms with van der Waals surface area (Å²) >= 11 is 0. The number of aromatic nitrogens is 4. The highest BCUT2D eigenvalue weighted by Gasteiger charge is 2.44. The minimum Gasteiger partial charge on any atom is -0.387 e. The van der Waals surface area contributed by atoms with Crippen molar-refractivity contribution in [1.82, 2.24) is 19.5 Å². The van der Waals surface area contributed by atoms with Gasteiger partial charge in [0.15, 0.2) is 23.9 Å². The molecule has 0 radical (unpaired) electrons. The Kier molecular flexibility index (Phi) is 2.83. The number of aliphatic hydroxyl groups is 1. The summed E-state index contributed by atoms with van der Waals surface area (Å²) in [6.07, 6.45) is -0.938. The molecule has 19 heavy (non-hydrogen) atoms. The molecule has 0 saturated carbocycles. The third-order valence-electron chi connectivity index (χ3n) is 3.36. The molecule has 2 aromatic rings. The first-order valence-electron chi connectivity index (χ1n) is 6.04. The second-order valence-electron chi connectivity index (χ2n) is 4.49. The topological polar surface area (TPSA) is 99.1 Å². The molecule has 4 atom stereocenters. The second-order valence-corrected chi connectivity index (χ2v) is 4.49. The molecule has 3 rings (SSSR count). The zero-order valence-corrected chi connectivity index (χ0v) is 10.3. The van der Waals surface area contributed by atoms with Gasteiger partial charge in [0.25, 0.3) is 0 Å². The molecule has 2 aromatic heterocycles. The zero-order chi connectivity index (χ0) is 13.6. The summed E-state index contributed by atoms with van der Waals surface area (Å²) in [6, 6.07) is 0. The van der Waals surface area contributed by atoms with Crippen LogP contribution in [0.1, 0.15) is 19.6 Å². The molecule has 8 heteroatoms. The zero-order valence-electron chi connectivity index (χ0n) is 10.3. The van der Waals surface area contributed by atoms with Crippen LogP contribution in [0.15, 0.2) is 12.7 Å². The number of aliphatic hydroxyl groups excluding tert-OH is 1. The standard InChI is InChI=1S/C11H14FN5O2/c1-2-5-8(18)6(12)11(19-5)17-4-16-7-9(13)14-3-15-10(7)17/h3-6,8,11,18H,2H2,1H3,(H2,13,14,15)/t5-,6?,8+,11-/m1/s1. The molecule has 1 aliphatic rings. The Morgan fingerprint density at radius 2 is 2.26 bits per heavy atom. The fourth-order valence-corrected chi connectivity index (χ4v) is 2.32. The van der Waals surface area contributed by atoms with Gasteiger partial charge in [0.05, 0.1) is 12.4 Å². The van der Waals surface area contributed by atoms with Gasteiger partial charge in [-0.25, -0.2) is 19.3 Å². The van der Waals surface area contributed by atoms with E-state index < -0.39 is 24.6 Å². The van der Waals surface area contributed by atoms with Crippen molar-refractivity contribution < 1.29 is 14.2 Å². The Morgan fingerprint density at radius 1 is 1.47 bits per heavy atom. The van der Waals surface area contributed by atoms with E-state index in [0.717, 1.165) is 0 Å². The summed E-state index contributed by atoms with van der Waals surface area (Å²) in [4.78, 5) is 11.9. The van der Waals surface area contributed by atoms with Crippen LogP contribution in [-0.2, 0) is 4.74 Å². The lowest BCUT2D eigenvalue weighted by Gasteiger charge is -2.14. The predicted molar refractivity (Wildman–Crippen MR) is 64.8 cm³/mol. The van der Waals surface area contributed by atoms with Gasteiger partial charge < -0.3 is 15.6 Å². The van der Waals surface area contributed by atoms with E-state index in [2.05, 4.69) is 15.0 Å². The Hall–Kier alpha value is -1.80. The Labute approximate surface area is 108 Å². The van der Waals surface area contributed by atoms with E-state index in [9.17, 15) is 9.50 Å². The molecular formula is C11H14FN5O2. The smallest absolute Gasteiger partial charge is 0.173 e. The van der Waals surface area contributed by atoms with Crippen molar-refractivity contribution in [2.75, 3.05) is 5.73 Å². The molecule has 1 fully saturated rings. The van der Waals surface area contributed by atoms with Gasteiger partial charge in [0.1, 0.15) is 17.9 Å². The lowest BCUT2D eigenvalue weighted by Crippen LogP contribution is -2.27. The highest BCUT2D eigenvalue weighted by molar-refractivity contribution is 5.81. The molecule has 0 aromatic carbocycles. The van der Waals surface area contributed by atoms with Crippen LogP contribution < -0.4 is 5.73 Å². The number of hydrogen-bond acceptors (Lipinski definition) is 6. The van der Waals surface area contributed by atoms with E-state index in [0.29, 0.717) is 17.6 Å². The SMILES string of the molecule is CC[C@H]1O[C@@H](n2cnc3c(N)ncnc32)C(F)[C@H]1O. The molecule has 1 saturated heterocycles. The second kappa shape index (κ2) is 4.39. The molecule has 0 spiro atoms. The first-order chi connectivity index (χ1) is 9.13. The van der Waals surface area contributed by atoms with Gasteiger partial charge in [-0.2, -0.15) is 0 Å². The van der Waals surface area contributed by atoms with Crippen LogP contribution in [0.2, 0.25) is 0 Å². The number of nitrogens with zero attached hydrogens (tertiary/aromatic N) is 4. The van der Waals surface area contributed by atoms with Crippen molar-refractivity contribution in [3.8, 4) is 0 Å². The maximum Gasteiger partial charge on any atom is 0.173 e. The highest BCUT2D eigenvalue weighted by atomic mass is 19.1. The third-order valence-corrected chi connectivity index (χ3v) is 3.36. The number of fused-ring (bicyclic) bond motifs is 1. The van der Waals surface area contributed by atoms with Crippen molar-refractivity contribution in [1.29, 1.82) is 0 Å². The summed E-state index contributed by atoms with van der Waals surface area (Å²) in [5.74, 6) is 0.227. The van der Waals surface area contributed by atoms with Crippen LogP contribution in [0.5, 0.6) is 0 Å². The van der Waals surface area contributed by atoms with Gasteiger partial charge >= 0.3 is 0 Å². The maximum absolute atomic E-state index is 14.1. The molecule has 1 aliphatic heterocycles. The summed E-state index contributed by atoms with van der Waals surface area (Å²) < 4.78 is 21.1. The van der Waals surface area contributed by atoms with Gasteiger partial charge in [-0.3, -0.25) is 4.57 Å². The van der Waals surface area contributed by atoms with Crippen molar-refractivity contribution in [2.24, 2.45) is 0 Å². The number of imidazole rings is 1. The van der Waals surface area contributed by atoms with Gasteiger partial charge in [-0.05, 0) is 6.42 Å². The number of nitrogens with two attached hydrogens (primary N) is 1. The minimum absolute atomic E-state index is 0.227. The van der Waals surface area contributed by atoms with E-state index in [1.54, 1.807) is 0 Å². The van der Waals surface area contributed by atoms with Gasteiger partial charge in [-0.15, -0.1) is 0 Å². The maximum atomic E-state index is 14.1. The average Bonchev–Trinajstić information content (AvgIpc) is 2.94. The number of rotatable bonds is 2. The van der Waals surface area contributed by atoms with Crippen LogP contribution in [0.3, 0.4) is 0 Å². The molecular weight excluding hydrogens is 253 g/mol. The van der Waals surface area contributed by atoms with Crippen molar-refractivity contribution in [3.63, 3.8) is 0 Å². The number of hydrogen-bond donors (Lipinski definition) is 2. The Bertz CT molecular complexity index is 604. The van der Waals surface area contributed by atoms with Crippen LogP contribution >= 0.6 is 0 Å². The van der Waals surface area contributed by atoms with E-state index in [1.807, 2.05) is 6.92 Å². The molecule has 102 valence electrons. The lowest BCUT2D eigenvalue weighted by molar-refractivity contribution is -0.0238. The highest BCUT2D eigenvalue weighted by Crippen LogP contribution is 2.34. The molecule has 3 heterocycles. The van der Waals surface area contributed by atoms with Crippen molar-refractivity contribution in [3.05, 3.63) is 12.7 Å². The van der Waals surface area contributed by atoms with E-state index >= 15 is 0 Å². The van der Waals surface area contributed by atoms with Crippen LogP contribution in [-0.4, -0.2) is 43.0 Å². The summed E-state index contributed by atoms with van der Waals surface area (Å²) in [5.41, 5.74) is 6.46. The average molecular weight is 267 g/mol. The van der Waals surface area contributed by atoms with Gasteiger partial charge in [-0.1, -0.05) is 6.92 Å². The third kappa shape index (κ3) is 1.75. The normalized spacial score (nSPS) is 31.1. The summed E-state index contributed by atoms with van der Waals surface area (Å²) in [6.45, 7) is 1.83. The van der Waals surface area contributed by atoms with Crippen molar-refractivity contribution in [2.45, 2.75) is 38.0 Å². The predicted octanol–water partition coefficient (Wildman–Crippen LogP) is 0.415. The van der Waals surface area contributed by atoms with E-state index in [4.69, 9.17) is 10.5 Å². The quantitative estimate of drug-likeness (QED) is 0.817. The minimum atomic E-state index is -1.53. The fraction of sp³-hybridized carbons (Fsp3) is 0.545. The molecule has 3 N–H and O–H groups in total.